The Morgan fingerprint density at radius 1 is 0.880 bits per heavy atom. The smallest absolute Gasteiger partial charge is 0.358 e. The minimum Gasteiger partial charge on any atom is -0.493 e. The average Bonchev–Trinajstić information content (AvgIpc) is 3.96. The van der Waals surface area contributed by atoms with Crippen LogP contribution in [0.25, 0.3) is 32.2 Å². The third-order valence-electron chi connectivity index (χ3n) is 14.8. The number of piperidine rings is 2. The summed E-state index contributed by atoms with van der Waals surface area (Å²) in [5.74, 6) is 0.334. The molecule has 3 aliphatic heterocycles. The Kier molecular flexibility index (Phi) is 14.5. The zero-order valence-corrected chi connectivity index (χ0v) is 44.1. The highest BCUT2D eigenvalue weighted by molar-refractivity contribution is 7.22. The van der Waals surface area contributed by atoms with Gasteiger partial charge in [0.1, 0.15) is 17.2 Å². The Balaban J connectivity index is 0.752. The van der Waals surface area contributed by atoms with Crippen molar-refractivity contribution >= 4 is 78.7 Å². The van der Waals surface area contributed by atoms with Gasteiger partial charge < -0.3 is 19.7 Å². The van der Waals surface area contributed by atoms with E-state index in [1.54, 1.807) is 4.68 Å². The molecular formula is C58H63N9O7S. The van der Waals surface area contributed by atoms with Gasteiger partial charge in [0.2, 0.25) is 17.7 Å². The normalized spacial score (nSPS) is 16.9. The van der Waals surface area contributed by atoms with Crippen LogP contribution in [0.1, 0.15) is 109 Å². The molecule has 16 nitrogen and oxygen atoms in total. The van der Waals surface area contributed by atoms with E-state index in [2.05, 4.69) is 48.8 Å². The molecule has 1 unspecified atom stereocenters. The summed E-state index contributed by atoms with van der Waals surface area (Å²) in [5, 5.41) is 14.5. The Morgan fingerprint density at radius 2 is 1.68 bits per heavy atom. The summed E-state index contributed by atoms with van der Waals surface area (Å²) in [7, 11) is 1.81. The number of hydrogen-bond acceptors (Lipinski definition) is 13. The molecule has 3 aromatic heterocycles. The van der Waals surface area contributed by atoms with E-state index in [1.807, 2.05) is 120 Å². The minimum atomic E-state index is -0.754. The molecule has 0 spiro atoms. The van der Waals surface area contributed by atoms with Gasteiger partial charge in [-0.25, -0.2) is 14.8 Å². The van der Waals surface area contributed by atoms with Gasteiger partial charge in [0.05, 0.1) is 40.5 Å². The molecule has 0 bridgehead atoms. The fraction of sp³-hybridized carbons (Fsp3) is 0.379. The van der Waals surface area contributed by atoms with E-state index >= 15 is 0 Å². The lowest BCUT2D eigenvalue weighted by Crippen LogP contribution is -2.40. The fourth-order valence-corrected chi connectivity index (χ4v) is 11.6. The maximum absolute atomic E-state index is 14.1. The van der Waals surface area contributed by atoms with Gasteiger partial charge in [-0.3, -0.25) is 39.4 Å². The first kappa shape index (κ1) is 51.0. The molecule has 0 saturated carbocycles. The summed E-state index contributed by atoms with van der Waals surface area (Å²) >= 11 is 1.44. The van der Waals surface area contributed by atoms with Crippen LogP contribution in [0.4, 0.5) is 16.6 Å². The third-order valence-corrected chi connectivity index (χ3v) is 15.7. The molecule has 4 amide bonds. The summed E-state index contributed by atoms with van der Waals surface area (Å²) in [6.07, 6.45) is 4.22. The number of ether oxygens (including phenoxy) is 2. The van der Waals surface area contributed by atoms with Crippen LogP contribution < -0.4 is 25.6 Å². The summed E-state index contributed by atoms with van der Waals surface area (Å²) in [5.41, 5.74) is 7.34. The minimum absolute atomic E-state index is 0.0868. The Hall–Kier alpha value is -7.50. The second-order valence-corrected chi connectivity index (χ2v) is 22.1. The van der Waals surface area contributed by atoms with E-state index < -0.39 is 17.5 Å². The molecule has 10 rings (SSSR count). The van der Waals surface area contributed by atoms with Gasteiger partial charge in [-0.05, 0) is 162 Å². The number of pyridine rings is 1. The van der Waals surface area contributed by atoms with Crippen molar-refractivity contribution in [2.45, 2.75) is 91.2 Å². The zero-order chi connectivity index (χ0) is 52.5. The van der Waals surface area contributed by atoms with E-state index in [-0.39, 0.29) is 35.7 Å². The average molecular weight is 1030 g/mol. The molecule has 4 aromatic carbocycles. The molecule has 388 valence electrons. The van der Waals surface area contributed by atoms with Gasteiger partial charge in [0, 0.05) is 48.8 Å². The van der Waals surface area contributed by atoms with E-state index in [0.29, 0.717) is 84.4 Å². The molecule has 2 fully saturated rings. The molecule has 17 heteroatoms. The fourth-order valence-electron chi connectivity index (χ4n) is 10.7. The Morgan fingerprint density at radius 3 is 2.47 bits per heavy atom. The van der Waals surface area contributed by atoms with Crippen LogP contribution in [0, 0.1) is 18.8 Å². The van der Waals surface area contributed by atoms with Crippen molar-refractivity contribution in [1.82, 2.24) is 30.0 Å². The van der Waals surface area contributed by atoms with Crippen molar-refractivity contribution in [3.63, 3.8) is 0 Å². The highest BCUT2D eigenvalue weighted by Crippen LogP contribution is 2.37. The number of para-hydroxylation sites is 1. The van der Waals surface area contributed by atoms with Crippen LogP contribution in [-0.4, -0.2) is 92.6 Å². The number of imide groups is 1. The van der Waals surface area contributed by atoms with Crippen molar-refractivity contribution in [3.8, 4) is 16.9 Å². The predicted molar refractivity (Wildman–Crippen MR) is 291 cm³/mol. The maximum atomic E-state index is 14.1. The first-order valence-corrected chi connectivity index (χ1v) is 26.7. The Bertz CT molecular complexity index is 3320. The SMILES string of the molecule is Cc1c(OCC[C@H](C)C2CCN(CC(=O)Nc3ccc4c(C5CCC(=O)NC5=O)nn(C)c4c3)CC2)cccc1-c1ccc(N2CCc3cccc(C(=O)Nc4nc5ccccc5s4)c3C2)nc1C(=O)OC(C)(C)C. The topological polar surface area (TPSA) is 190 Å². The van der Waals surface area contributed by atoms with Crippen molar-refractivity contribution < 1.29 is 33.4 Å². The summed E-state index contributed by atoms with van der Waals surface area (Å²) in [6, 6.07) is 29.0. The van der Waals surface area contributed by atoms with Crippen LogP contribution in [0.5, 0.6) is 5.75 Å². The number of thiazole rings is 1. The van der Waals surface area contributed by atoms with E-state index in [1.165, 1.54) is 11.3 Å². The summed E-state index contributed by atoms with van der Waals surface area (Å²) < 4.78 is 15.2. The largest absolute Gasteiger partial charge is 0.493 e. The molecule has 0 aliphatic carbocycles. The third kappa shape index (κ3) is 11.3. The van der Waals surface area contributed by atoms with Crippen LogP contribution >= 0.6 is 11.3 Å². The van der Waals surface area contributed by atoms with Gasteiger partial charge >= 0.3 is 5.97 Å². The number of nitrogens with one attached hydrogen (secondary N) is 3. The van der Waals surface area contributed by atoms with Gasteiger partial charge in [0.25, 0.3) is 5.91 Å². The lowest BCUT2D eigenvalue weighted by molar-refractivity contribution is -0.134. The molecule has 7 aromatic rings. The van der Waals surface area contributed by atoms with Crippen molar-refractivity contribution in [1.29, 1.82) is 0 Å². The molecular weight excluding hydrogens is 967 g/mol. The number of rotatable bonds is 14. The zero-order valence-electron chi connectivity index (χ0n) is 43.3. The van der Waals surface area contributed by atoms with Crippen LogP contribution in [-0.2, 0) is 39.1 Å². The van der Waals surface area contributed by atoms with Crippen molar-refractivity contribution in [2.24, 2.45) is 18.9 Å². The van der Waals surface area contributed by atoms with Gasteiger partial charge in [-0.15, -0.1) is 0 Å². The van der Waals surface area contributed by atoms with Gasteiger partial charge in [0.15, 0.2) is 10.8 Å². The second kappa shape index (κ2) is 21.4. The summed E-state index contributed by atoms with van der Waals surface area (Å²) in [4.78, 5) is 79.4. The van der Waals surface area contributed by atoms with E-state index in [0.717, 1.165) is 81.5 Å². The number of carbonyl (C=O) groups is 5. The number of hydrogen-bond donors (Lipinski definition) is 3. The second-order valence-electron chi connectivity index (χ2n) is 21.1. The molecule has 6 heterocycles. The van der Waals surface area contributed by atoms with Crippen LogP contribution in [0.15, 0.2) is 91.0 Å². The molecule has 3 aliphatic rings. The monoisotopic (exact) mass is 1030 g/mol. The first-order chi connectivity index (χ1) is 36.0. The number of esters is 1. The lowest BCUT2D eigenvalue weighted by atomic mass is 9.84. The number of anilines is 3. The number of likely N-dealkylation sites (tertiary alicyclic amines) is 1. The molecule has 2 saturated heterocycles. The number of benzene rings is 4. The molecule has 3 N–H and O–H groups in total. The van der Waals surface area contributed by atoms with Crippen LogP contribution in [0.3, 0.4) is 0 Å². The van der Waals surface area contributed by atoms with Gasteiger partial charge in [-0.1, -0.05) is 54.7 Å². The first-order valence-electron chi connectivity index (χ1n) is 25.9. The number of aryl methyl sites for hydroxylation is 1. The number of nitrogens with zero attached hydrogens (tertiary/aromatic N) is 6. The van der Waals surface area contributed by atoms with E-state index in [9.17, 15) is 24.0 Å². The molecule has 0 radical (unpaired) electrons. The quantitative estimate of drug-likeness (QED) is 0.0692. The van der Waals surface area contributed by atoms with Gasteiger partial charge in [-0.2, -0.15) is 5.10 Å². The van der Waals surface area contributed by atoms with Crippen LogP contribution in [0.2, 0.25) is 0 Å². The van der Waals surface area contributed by atoms with E-state index in [4.69, 9.17) is 14.5 Å². The summed E-state index contributed by atoms with van der Waals surface area (Å²) in [6.45, 7) is 13.4. The number of aromatic nitrogens is 4. The maximum Gasteiger partial charge on any atom is 0.358 e. The molecule has 75 heavy (non-hydrogen) atoms. The number of carbonyl (C=O) groups excluding carboxylic acids is 5. The highest BCUT2D eigenvalue weighted by atomic mass is 32.1. The number of fused-ring (bicyclic) bond motifs is 3. The predicted octanol–water partition coefficient (Wildman–Crippen LogP) is 9.60. The standard InChI is InChI=1S/C58H63N9O7S/c1-34(36-23-27-66(28-24-36)33-51(69)59-38-17-18-42-46(31-38)65(6)64-52(42)43-20-22-50(68)62-55(43)71)26-30-73-47-15-10-12-39(35(47)2)40-19-21-49(61-53(40)56(72)74-58(3,4)5)67-29-25-37-11-9-13-41(44(37)32-67)54(70)63-57-60-45-14-7-8-16-48(45)75-57/h7-19,21,31,34,36,43H,20,22-30,32-33H2,1-6H3,(H,59,69)(H,60,63,70)(H,62,68,71)/t34-,43?/m0/s1. The number of amides is 4. The Labute approximate surface area is 440 Å². The lowest BCUT2D eigenvalue weighted by Gasteiger charge is -2.34. The molecule has 2 atom stereocenters. The van der Waals surface area contributed by atoms with Crippen molar-refractivity contribution in [3.05, 3.63) is 125 Å². The van der Waals surface area contributed by atoms with Crippen molar-refractivity contribution in [2.75, 3.05) is 48.3 Å². The highest BCUT2D eigenvalue weighted by Gasteiger charge is 2.33.